The van der Waals surface area contributed by atoms with Gasteiger partial charge in [-0.3, -0.25) is 19.7 Å². The molecular weight excluding hydrogens is 590 g/mol. The molecule has 4 saturated carbocycles. The summed E-state index contributed by atoms with van der Waals surface area (Å²) in [5.41, 5.74) is -0.390. The lowest BCUT2D eigenvalue weighted by atomic mass is 9.44. The molecule has 0 aromatic heterocycles. The van der Waals surface area contributed by atoms with Gasteiger partial charge in [0.25, 0.3) is 0 Å². The van der Waals surface area contributed by atoms with Gasteiger partial charge in [-0.05, 0) is 106 Å². The van der Waals surface area contributed by atoms with E-state index in [4.69, 9.17) is 4.74 Å². The van der Waals surface area contributed by atoms with E-state index in [1.807, 2.05) is 0 Å². The highest BCUT2D eigenvalue weighted by atomic mass is 16.5. The van der Waals surface area contributed by atoms with Gasteiger partial charge in [-0.1, -0.05) is 27.7 Å². The minimum atomic E-state index is -0.279. The lowest BCUT2D eigenvalue weighted by molar-refractivity contribution is -0.160. The number of piperazine rings is 1. The van der Waals surface area contributed by atoms with Crippen LogP contribution in [-0.4, -0.2) is 98.1 Å². The standard InChI is InChI=1S/C38H63N5O4/c1-24-9-12-38(40-23-24)25(2)35-31(47-38)20-30-28-8-7-26-19-27(10-11-36(26,3)29(28)21-32(44)37(30,35)4)41-34(46)22-33(45)39-13-6-14-43-17-15-42(5)16-18-43/h24-31,35,40H,6-23H2,1-5H3,(H,39,45)(H,41,46)/t24-,25-,26+,27+,28+,29-,30-,31-,35-,36-,37+,38+/m0/s1. The fourth-order valence-electron chi connectivity index (χ4n) is 12.4. The lowest BCUT2D eigenvalue weighted by Crippen LogP contribution is -2.60. The molecule has 0 bridgehead atoms. The van der Waals surface area contributed by atoms with Gasteiger partial charge in [-0.15, -0.1) is 0 Å². The molecule has 3 aliphatic heterocycles. The number of fused-ring (bicyclic) bond motifs is 7. The molecule has 47 heavy (non-hydrogen) atoms. The van der Waals surface area contributed by atoms with E-state index in [1.165, 1.54) is 19.3 Å². The first-order valence-electron chi connectivity index (χ1n) is 19.4. The number of rotatable bonds is 7. The highest BCUT2D eigenvalue weighted by Gasteiger charge is 2.71. The molecule has 0 unspecified atom stereocenters. The summed E-state index contributed by atoms with van der Waals surface area (Å²) >= 11 is 0. The van der Waals surface area contributed by atoms with Crippen molar-refractivity contribution >= 4 is 17.6 Å². The van der Waals surface area contributed by atoms with Crippen LogP contribution >= 0.6 is 0 Å². The minimum absolute atomic E-state index is 0.0922. The number of likely N-dealkylation sites (N-methyl/N-ethyl adjacent to an activating group) is 1. The van der Waals surface area contributed by atoms with Gasteiger partial charge in [0.05, 0.1) is 6.10 Å². The van der Waals surface area contributed by atoms with Crippen LogP contribution in [0.15, 0.2) is 0 Å². The van der Waals surface area contributed by atoms with Crippen LogP contribution in [0.5, 0.6) is 0 Å². The van der Waals surface area contributed by atoms with Crippen molar-refractivity contribution in [3.63, 3.8) is 0 Å². The van der Waals surface area contributed by atoms with Crippen molar-refractivity contribution in [1.82, 2.24) is 25.8 Å². The van der Waals surface area contributed by atoms with Crippen LogP contribution in [0.2, 0.25) is 0 Å². The van der Waals surface area contributed by atoms with Gasteiger partial charge in [-0.25, -0.2) is 0 Å². The summed E-state index contributed by atoms with van der Waals surface area (Å²) in [6.45, 7) is 16.5. The molecule has 9 nitrogen and oxygen atoms in total. The molecule has 7 rings (SSSR count). The summed E-state index contributed by atoms with van der Waals surface area (Å²) in [5, 5.41) is 10.0. The molecule has 3 heterocycles. The Kier molecular flexibility index (Phi) is 9.36. The van der Waals surface area contributed by atoms with E-state index in [9.17, 15) is 14.4 Å². The number of ether oxygens (including phenoxy) is 1. The van der Waals surface area contributed by atoms with Gasteiger partial charge in [0, 0.05) is 69.0 Å². The molecule has 0 radical (unpaired) electrons. The maximum atomic E-state index is 14.4. The number of amides is 2. The topological polar surface area (TPSA) is 103 Å². The molecule has 2 amide bonds. The maximum Gasteiger partial charge on any atom is 0.229 e. The molecule has 7 aliphatic rings. The first kappa shape index (κ1) is 33.9. The number of piperidine rings is 1. The van der Waals surface area contributed by atoms with Crippen molar-refractivity contribution in [3.05, 3.63) is 0 Å². The van der Waals surface area contributed by atoms with Crippen molar-refractivity contribution in [2.45, 2.75) is 116 Å². The third-order valence-corrected chi connectivity index (χ3v) is 15.3. The van der Waals surface area contributed by atoms with Crippen molar-refractivity contribution in [2.75, 3.05) is 52.9 Å². The second kappa shape index (κ2) is 13.0. The second-order valence-corrected chi connectivity index (χ2v) is 17.8. The fourth-order valence-corrected chi connectivity index (χ4v) is 12.4. The Morgan fingerprint density at radius 3 is 2.51 bits per heavy atom. The second-order valence-electron chi connectivity index (χ2n) is 17.8. The first-order valence-corrected chi connectivity index (χ1v) is 19.4. The molecule has 4 aliphatic carbocycles. The smallest absolute Gasteiger partial charge is 0.229 e. The van der Waals surface area contributed by atoms with Gasteiger partial charge in [-0.2, -0.15) is 0 Å². The van der Waals surface area contributed by atoms with Crippen LogP contribution in [0.3, 0.4) is 0 Å². The van der Waals surface area contributed by atoms with Crippen molar-refractivity contribution in [3.8, 4) is 0 Å². The molecule has 0 aromatic rings. The Labute approximate surface area is 283 Å². The van der Waals surface area contributed by atoms with Crippen molar-refractivity contribution < 1.29 is 19.1 Å². The van der Waals surface area contributed by atoms with Crippen molar-refractivity contribution in [1.29, 1.82) is 0 Å². The number of Topliss-reactive ketones (excluding diaryl/α,β-unsaturated/α-hetero) is 1. The quantitative estimate of drug-likeness (QED) is 0.284. The molecule has 0 aromatic carbocycles. The molecular formula is C38H63N5O4. The van der Waals surface area contributed by atoms with Gasteiger partial charge in [0.1, 0.15) is 17.9 Å². The van der Waals surface area contributed by atoms with E-state index in [0.717, 1.165) is 77.8 Å². The zero-order chi connectivity index (χ0) is 33.1. The van der Waals surface area contributed by atoms with E-state index in [1.54, 1.807) is 0 Å². The third kappa shape index (κ3) is 6.01. The molecule has 264 valence electrons. The molecule has 3 N–H and O–H groups in total. The van der Waals surface area contributed by atoms with Crippen LogP contribution < -0.4 is 16.0 Å². The van der Waals surface area contributed by atoms with Crippen molar-refractivity contribution in [2.24, 2.45) is 52.3 Å². The Morgan fingerprint density at radius 2 is 1.77 bits per heavy atom. The molecule has 12 atom stereocenters. The Balaban J connectivity index is 0.908. The lowest BCUT2D eigenvalue weighted by Gasteiger charge is -2.60. The van der Waals surface area contributed by atoms with E-state index >= 15 is 0 Å². The average molecular weight is 654 g/mol. The molecule has 9 heteroatoms. The predicted molar refractivity (Wildman–Crippen MR) is 182 cm³/mol. The summed E-state index contributed by atoms with van der Waals surface area (Å²) < 4.78 is 6.99. The van der Waals surface area contributed by atoms with E-state index in [-0.39, 0.29) is 46.9 Å². The van der Waals surface area contributed by atoms with Crippen LogP contribution in [0.25, 0.3) is 0 Å². The Bertz CT molecular complexity index is 1200. The van der Waals surface area contributed by atoms with Crippen LogP contribution in [0.4, 0.5) is 0 Å². The van der Waals surface area contributed by atoms with Crippen LogP contribution in [-0.2, 0) is 19.1 Å². The number of carbonyl (C=O) groups is 3. The monoisotopic (exact) mass is 653 g/mol. The number of carbonyl (C=O) groups excluding carboxylic acids is 3. The number of hydrogen-bond donors (Lipinski definition) is 3. The van der Waals surface area contributed by atoms with E-state index in [0.29, 0.717) is 60.2 Å². The summed E-state index contributed by atoms with van der Waals surface area (Å²) in [4.78, 5) is 44.6. The van der Waals surface area contributed by atoms with Crippen LogP contribution in [0.1, 0.15) is 98.3 Å². The van der Waals surface area contributed by atoms with Gasteiger partial charge in [0.2, 0.25) is 11.8 Å². The van der Waals surface area contributed by atoms with Gasteiger partial charge in [0.15, 0.2) is 0 Å². The number of ketones is 1. The Morgan fingerprint density at radius 1 is 0.979 bits per heavy atom. The van der Waals surface area contributed by atoms with Gasteiger partial charge < -0.3 is 25.2 Å². The summed E-state index contributed by atoms with van der Waals surface area (Å²) in [5.74, 6) is 3.46. The van der Waals surface area contributed by atoms with E-state index < -0.39 is 0 Å². The SMILES string of the molecule is C[C@H]1CC[C@@]2(NC1)O[C@H]1C[C@H]3[C@@H]4CC[C@@H]5C[C@H](NC(=O)CC(=O)NCCCN6CCN(C)CC6)CC[C@]5(C)[C@H]4CC(=O)[C@]3(C)[C@H]1[C@@H]2C. The first-order chi connectivity index (χ1) is 22.4. The molecule has 1 spiro atoms. The summed E-state index contributed by atoms with van der Waals surface area (Å²) in [7, 11) is 2.16. The predicted octanol–water partition coefficient (Wildman–Crippen LogP) is 3.81. The highest BCUT2D eigenvalue weighted by molar-refractivity contribution is 5.97. The van der Waals surface area contributed by atoms with Gasteiger partial charge >= 0.3 is 0 Å². The minimum Gasteiger partial charge on any atom is -0.357 e. The van der Waals surface area contributed by atoms with E-state index in [2.05, 4.69) is 60.5 Å². The summed E-state index contributed by atoms with van der Waals surface area (Å²) in [6.07, 6.45) is 10.3. The van der Waals surface area contributed by atoms with Crippen LogP contribution in [0, 0.1) is 52.3 Å². The molecule has 3 saturated heterocycles. The fraction of sp³-hybridized carbons (Fsp3) is 0.921. The number of nitrogens with zero attached hydrogens (tertiary/aromatic N) is 2. The normalized spacial score (nSPS) is 46.7. The maximum absolute atomic E-state index is 14.4. The average Bonchev–Trinajstić information content (AvgIpc) is 3.49. The zero-order valence-electron chi connectivity index (χ0n) is 30.0. The number of hydrogen-bond acceptors (Lipinski definition) is 7. The summed E-state index contributed by atoms with van der Waals surface area (Å²) in [6, 6.07) is 0.119. The third-order valence-electron chi connectivity index (χ3n) is 15.3. The number of nitrogens with one attached hydrogen (secondary N) is 3. The molecule has 7 fully saturated rings. The Hall–Kier alpha value is -1.55. The highest BCUT2D eigenvalue weighted by Crippen LogP contribution is 2.70. The zero-order valence-corrected chi connectivity index (χ0v) is 30.0. The largest absolute Gasteiger partial charge is 0.357 e.